The zero-order valence-corrected chi connectivity index (χ0v) is 10.8. The molecule has 0 bridgehead atoms. The third-order valence-electron chi connectivity index (χ3n) is 2.77. The number of anilines is 1. The van der Waals surface area contributed by atoms with Gasteiger partial charge in [0, 0.05) is 22.4 Å². The Bertz CT molecular complexity index is 662. The molecule has 0 fully saturated rings. The van der Waals surface area contributed by atoms with Crippen molar-refractivity contribution in [2.45, 2.75) is 0 Å². The Morgan fingerprint density at radius 2 is 1.58 bits per heavy atom. The Balaban J connectivity index is 2.41. The molecule has 0 saturated heterocycles. The number of nitrogens with two attached hydrogens (primary N) is 1. The highest BCUT2D eigenvalue weighted by atomic mass is 16.5. The summed E-state index contributed by atoms with van der Waals surface area (Å²) < 4.78 is 5.17. The van der Waals surface area contributed by atoms with E-state index in [4.69, 9.17) is 10.5 Å². The van der Waals surface area contributed by atoms with E-state index in [-0.39, 0.29) is 0 Å². The van der Waals surface area contributed by atoms with Gasteiger partial charge in [-0.25, -0.2) is 0 Å². The zero-order chi connectivity index (χ0) is 13.7. The van der Waals surface area contributed by atoms with E-state index in [1.165, 1.54) is 0 Å². The summed E-state index contributed by atoms with van der Waals surface area (Å²) >= 11 is 0. The van der Waals surface area contributed by atoms with Crippen LogP contribution in [0.3, 0.4) is 0 Å². The summed E-state index contributed by atoms with van der Waals surface area (Å²) in [6.07, 6.45) is 0. The van der Waals surface area contributed by atoms with Gasteiger partial charge in [0.2, 0.25) is 0 Å². The van der Waals surface area contributed by atoms with Gasteiger partial charge in [0.15, 0.2) is 0 Å². The Labute approximate surface area is 113 Å². The molecule has 94 valence electrons. The molecule has 0 aromatic heterocycles. The van der Waals surface area contributed by atoms with Crippen molar-refractivity contribution in [1.82, 2.24) is 0 Å². The van der Waals surface area contributed by atoms with Gasteiger partial charge in [-0.1, -0.05) is 48.8 Å². The lowest BCUT2D eigenvalue weighted by atomic mass is 10.1. The molecule has 19 heavy (non-hydrogen) atoms. The number of methoxy groups -OCH3 is 1. The van der Waals surface area contributed by atoms with Crippen molar-refractivity contribution in [3.8, 4) is 11.8 Å². The fraction of sp³-hybridized carbons (Fsp3) is 0.0588. The van der Waals surface area contributed by atoms with Crippen LogP contribution in [0, 0.1) is 11.8 Å². The van der Waals surface area contributed by atoms with Crippen LogP contribution in [0.4, 0.5) is 5.69 Å². The SMILES string of the molecule is C=C(OC)c1ccccc1C#Cc1ccccc1N. The van der Waals surface area contributed by atoms with Crippen LogP contribution in [0.15, 0.2) is 55.1 Å². The van der Waals surface area contributed by atoms with E-state index in [0.29, 0.717) is 11.4 Å². The van der Waals surface area contributed by atoms with Crippen LogP contribution in [-0.2, 0) is 4.74 Å². The van der Waals surface area contributed by atoms with Gasteiger partial charge in [-0.2, -0.15) is 0 Å². The molecule has 0 radical (unpaired) electrons. The van der Waals surface area contributed by atoms with E-state index in [9.17, 15) is 0 Å². The lowest BCUT2D eigenvalue weighted by Gasteiger charge is -2.06. The van der Waals surface area contributed by atoms with E-state index >= 15 is 0 Å². The largest absolute Gasteiger partial charge is 0.497 e. The average molecular weight is 249 g/mol. The van der Waals surface area contributed by atoms with Gasteiger partial charge in [0.05, 0.1) is 7.11 Å². The first-order valence-electron chi connectivity index (χ1n) is 5.91. The smallest absolute Gasteiger partial charge is 0.120 e. The molecule has 0 atom stereocenters. The topological polar surface area (TPSA) is 35.2 Å². The second-order valence-electron chi connectivity index (χ2n) is 4.01. The Morgan fingerprint density at radius 3 is 2.26 bits per heavy atom. The van der Waals surface area contributed by atoms with Crippen LogP contribution in [0.5, 0.6) is 0 Å². The summed E-state index contributed by atoms with van der Waals surface area (Å²) in [6.45, 7) is 3.86. The lowest BCUT2D eigenvalue weighted by Crippen LogP contribution is -1.91. The van der Waals surface area contributed by atoms with Crippen molar-refractivity contribution in [1.29, 1.82) is 0 Å². The van der Waals surface area contributed by atoms with Gasteiger partial charge in [-0.05, 0) is 18.2 Å². The van der Waals surface area contributed by atoms with Gasteiger partial charge in [-0.3, -0.25) is 0 Å². The lowest BCUT2D eigenvalue weighted by molar-refractivity contribution is 0.371. The highest BCUT2D eigenvalue weighted by Crippen LogP contribution is 2.17. The molecule has 2 aromatic carbocycles. The van der Waals surface area contributed by atoms with Crippen LogP contribution >= 0.6 is 0 Å². The van der Waals surface area contributed by atoms with Gasteiger partial charge < -0.3 is 10.5 Å². The summed E-state index contributed by atoms with van der Waals surface area (Å²) in [6, 6.07) is 15.3. The summed E-state index contributed by atoms with van der Waals surface area (Å²) in [5.41, 5.74) is 9.13. The van der Waals surface area contributed by atoms with Gasteiger partial charge in [0.1, 0.15) is 5.76 Å². The summed E-state index contributed by atoms with van der Waals surface area (Å²) in [4.78, 5) is 0. The average Bonchev–Trinajstić information content (AvgIpc) is 2.46. The molecule has 0 heterocycles. The monoisotopic (exact) mass is 249 g/mol. The van der Waals surface area contributed by atoms with Crippen molar-refractivity contribution in [2.24, 2.45) is 0 Å². The Hall–Kier alpha value is -2.66. The van der Waals surface area contributed by atoms with E-state index < -0.39 is 0 Å². The fourth-order valence-electron chi connectivity index (χ4n) is 1.69. The number of benzene rings is 2. The van der Waals surface area contributed by atoms with Crippen LogP contribution in [0.1, 0.15) is 16.7 Å². The Kier molecular flexibility index (Phi) is 3.90. The summed E-state index contributed by atoms with van der Waals surface area (Å²) in [5.74, 6) is 6.79. The van der Waals surface area contributed by atoms with Crippen LogP contribution in [0.2, 0.25) is 0 Å². The van der Waals surface area contributed by atoms with Gasteiger partial charge >= 0.3 is 0 Å². The number of rotatable bonds is 2. The molecule has 2 rings (SSSR count). The van der Waals surface area contributed by atoms with E-state index in [0.717, 1.165) is 16.7 Å². The molecule has 0 aliphatic carbocycles. The standard InChI is InChI=1S/C17H15NO/c1-13(19-2)16-9-5-3-7-14(16)11-12-15-8-4-6-10-17(15)18/h3-10H,1,18H2,2H3. The summed E-state index contributed by atoms with van der Waals surface area (Å²) in [7, 11) is 1.60. The van der Waals surface area contributed by atoms with Crippen molar-refractivity contribution >= 4 is 11.4 Å². The van der Waals surface area contributed by atoms with Crippen molar-refractivity contribution < 1.29 is 4.74 Å². The number of nitrogen functional groups attached to an aromatic ring is 1. The number of hydrogen-bond donors (Lipinski definition) is 1. The molecular formula is C17H15NO. The molecule has 0 amide bonds. The molecule has 2 nitrogen and oxygen atoms in total. The number of para-hydroxylation sites is 1. The molecule has 0 saturated carbocycles. The first-order chi connectivity index (χ1) is 9.22. The highest BCUT2D eigenvalue weighted by molar-refractivity contribution is 5.66. The quantitative estimate of drug-likeness (QED) is 0.503. The first-order valence-corrected chi connectivity index (χ1v) is 5.91. The highest BCUT2D eigenvalue weighted by Gasteiger charge is 2.03. The maximum absolute atomic E-state index is 5.86. The zero-order valence-electron chi connectivity index (χ0n) is 10.8. The van der Waals surface area contributed by atoms with E-state index in [2.05, 4.69) is 18.4 Å². The maximum Gasteiger partial charge on any atom is 0.120 e. The van der Waals surface area contributed by atoms with Crippen molar-refractivity contribution in [3.63, 3.8) is 0 Å². The van der Waals surface area contributed by atoms with E-state index in [1.807, 2.05) is 48.5 Å². The molecule has 0 spiro atoms. The summed E-state index contributed by atoms with van der Waals surface area (Å²) in [5, 5.41) is 0. The third kappa shape index (κ3) is 2.97. The van der Waals surface area contributed by atoms with Crippen LogP contribution in [0.25, 0.3) is 5.76 Å². The third-order valence-corrected chi connectivity index (χ3v) is 2.77. The van der Waals surface area contributed by atoms with Crippen LogP contribution < -0.4 is 5.73 Å². The minimum absolute atomic E-state index is 0.603. The number of hydrogen-bond acceptors (Lipinski definition) is 2. The molecule has 2 heteroatoms. The maximum atomic E-state index is 5.86. The molecule has 0 aliphatic heterocycles. The fourth-order valence-corrected chi connectivity index (χ4v) is 1.69. The second-order valence-corrected chi connectivity index (χ2v) is 4.01. The minimum atomic E-state index is 0.603. The first kappa shape index (κ1) is 12.8. The number of ether oxygens (including phenoxy) is 1. The van der Waals surface area contributed by atoms with Crippen molar-refractivity contribution in [3.05, 3.63) is 71.8 Å². The second kappa shape index (κ2) is 5.79. The van der Waals surface area contributed by atoms with Crippen LogP contribution in [-0.4, -0.2) is 7.11 Å². The minimum Gasteiger partial charge on any atom is -0.497 e. The molecule has 0 unspecified atom stereocenters. The van der Waals surface area contributed by atoms with E-state index in [1.54, 1.807) is 7.11 Å². The predicted octanol–water partition coefficient (Wildman–Crippen LogP) is 3.29. The molecule has 2 aromatic rings. The normalized spacial score (nSPS) is 9.32. The predicted molar refractivity (Wildman–Crippen MR) is 79.3 cm³/mol. The molecule has 0 aliphatic rings. The Morgan fingerprint density at radius 1 is 1.00 bits per heavy atom. The van der Waals surface area contributed by atoms with Gasteiger partial charge in [0.25, 0.3) is 0 Å². The van der Waals surface area contributed by atoms with Crippen molar-refractivity contribution in [2.75, 3.05) is 12.8 Å². The molecular weight excluding hydrogens is 234 g/mol. The van der Waals surface area contributed by atoms with Gasteiger partial charge in [-0.15, -0.1) is 0 Å². The molecule has 2 N–H and O–H groups in total.